The molecular weight excluding hydrogens is 415 g/mol. The van der Waals surface area contributed by atoms with Gasteiger partial charge in [-0.15, -0.1) is 11.3 Å². The molecule has 0 aliphatic heterocycles. The van der Waals surface area contributed by atoms with Crippen LogP contribution in [-0.4, -0.2) is 27.5 Å². The molecule has 6 nitrogen and oxygen atoms in total. The first-order valence-electron chi connectivity index (χ1n) is 9.90. The molecule has 8 heteroatoms. The van der Waals surface area contributed by atoms with Gasteiger partial charge in [0.1, 0.15) is 28.7 Å². The molecule has 0 unspecified atom stereocenters. The minimum absolute atomic E-state index is 0.00905. The molecule has 1 N–H and O–H groups in total. The molecule has 0 fully saturated rings. The lowest BCUT2D eigenvalue weighted by Crippen LogP contribution is -2.12. The maximum atomic E-state index is 13.5. The number of halogens is 1. The molecule has 0 saturated carbocycles. The molecule has 1 aromatic carbocycles. The van der Waals surface area contributed by atoms with Crippen LogP contribution in [0.2, 0.25) is 0 Å². The van der Waals surface area contributed by atoms with E-state index in [0.29, 0.717) is 24.8 Å². The van der Waals surface area contributed by atoms with Gasteiger partial charge in [0.05, 0.1) is 24.2 Å². The first kappa shape index (κ1) is 20.9. The summed E-state index contributed by atoms with van der Waals surface area (Å²) in [6.45, 7) is 4.53. The lowest BCUT2D eigenvalue weighted by atomic mass is 10.0. The average Bonchev–Trinajstić information content (AvgIpc) is 3.09. The largest absolute Gasteiger partial charge is 0.466 e. The molecule has 0 spiro atoms. The highest BCUT2D eigenvalue weighted by Crippen LogP contribution is 2.40. The number of thiophene rings is 1. The van der Waals surface area contributed by atoms with E-state index in [1.165, 1.54) is 23.5 Å². The zero-order valence-corrected chi connectivity index (χ0v) is 18.0. The third kappa shape index (κ3) is 4.69. The topological polar surface area (TPSA) is 77.0 Å². The van der Waals surface area contributed by atoms with Gasteiger partial charge in [0.15, 0.2) is 0 Å². The molecule has 158 valence electrons. The van der Waals surface area contributed by atoms with Crippen LogP contribution in [0.5, 0.6) is 0 Å². The number of fused-ring (bicyclic) bond motifs is 1. The van der Waals surface area contributed by atoms with Crippen LogP contribution in [0.1, 0.15) is 23.3 Å². The fraction of sp³-hybridized carbons (Fsp3) is 0.217. The van der Waals surface area contributed by atoms with Crippen LogP contribution >= 0.6 is 11.3 Å². The third-order valence-electron chi connectivity index (χ3n) is 4.68. The number of carbonyl (C=O) groups is 1. The van der Waals surface area contributed by atoms with Crippen molar-refractivity contribution < 1.29 is 13.9 Å². The zero-order valence-electron chi connectivity index (χ0n) is 17.2. The Morgan fingerprint density at radius 3 is 2.68 bits per heavy atom. The van der Waals surface area contributed by atoms with Crippen LogP contribution in [-0.2, 0) is 22.5 Å². The number of benzene rings is 1. The standard InChI is InChI=1S/C23H21FN4O2S/c1-3-30-19(29)12-18-27-22(26-13-17-6-4-5-11-25-17)21-20(14(2)31-23(21)28-18)15-7-9-16(24)10-8-15/h4-11H,3,12-13H2,1-2H3,(H,26,27,28). The highest BCUT2D eigenvalue weighted by Gasteiger charge is 2.20. The quantitative estimate of drug-likeness (QED) is 0.415. The number of aryl methyl sites for hydroxylation is 1. The normalized spacial score (nSPS) is 10.9. The molecule has 0 amide bonds. The predicted octanol–water partition coefficient (Wildman–Crippen LogP) is 4.92. The molecular formula is C23H21FN4O2S. The van der Waals surface area contributed by atoms with Gasteiger partial charge in [0, 0.05) is 16.6 Å². The highest BCUT2D eigenvalue weighted by atomic mass is 32.1. The SMILES string of the molecule is CCOC(=O)Cc1nc(NCc2ccccn2)c2c(-c3ccc(F)cc3)c(C)sc2n1. The second-order valence-corrected chi connectivity index (χ2v) is 8.07. The Morgan fingerprint density at radius 2 is 1.97 bits per heavy atom. The minimum atomic E-state index is -0.371. The van der Waals surface area contributed by atoms with Crippen LogP contribution in [0.15, 0.2) is 48.7 Å². The molecule has 0 saturated heterocycles. The Balaban J connectivity index is 1.80. The van der Waals surface area contributed by atoms with Gasteiger partial charge in [-0.1, -0.05) is 18.2 Å². The summed E-state index contributed by atoms with van der Waals surface area (Å²) < 4.78 is 18.5. The molecule has 0 aliphatic carbocycles. The van der Waals surface area contributed by atoms with Gasteiger partial charge in [0.25, 0.3) is 0 Å². The number of rotatable bonds is 7. The number of pyridine rings is 1. The number of ether oxygens (including phenoxy) is 1. The number of anilines is 1. The number of nitrogens with one attached hydrogen (secondary N) is 1. The average molecular weight is 437 g/mol. The maximum absolute atomic E-state index is 13.5. The van der Waals surface area contributed by atoms with Crippen molar-refractivity contribution in [2.45, 2.75) is 26.8 Å². The second-order valence-electron chi connectivity index (χ2n) is 6.87. The van der Waals surface area contributed by atoms with Crippen LogP contribution in [0.25, 0.3) is 21.3 Å². The van der Waals surface area contributed by atoms with Crippen molar-refractivity contribution in [3.63, 3.8) is 0 Å². The van der Waals surface area contributed by atoms with E-state index in [9.17, 15) is 9.18 Å². The number of hydrogen-bond acceptors (Lipinski definition) is 7. The molecule has 4 rings (SSSR count). The fourth-order valence-corrected chi connectivity index (χ4v) is 4.41. The first-order chi connectivity index (χ1) is 15.0. The van der Waals surface area contributed by atoms with E-state index in [-0.39, 0.29) is 18.2 Å². The lowest BCUT2D eigenvalue weighted by molar-refractivity contribution is -0.142. The van der Waals surface area contributed by atoms with Crippen molar-refractivity contribution in [1.82, 2.24) is 15.0 Å². The Kier molecular flexibility index (Phi) is 6.18. The summed E-state index contributed by atoms with van der Waals surface area (Å²) in [5, 5.41) is 4.20. The number of carbonyl (C=O) groups excluding carboxylic acids is 1. The van der Waals surface area contributed by atoms with Crippen LogP contribution in [0.4, 0.5) is 10.2 Å². The highest BCUT2D eigenvalue weighted by molar-refractivity contribution is 7.19. The van der Waals surface area contributed by atoms with Crippen LogP contribution in [0, 0.1) is 12.7 Å². The van der Waals surface area contributed by atoms with Gasteiger partial charge < -0.3 is 10.1 Å². The molecule has 3 heterocycles. The Hall–Kier alpha value is -3.39. The number of hydrogen-bond donors (Lipinski definition) is 1. The Bertz CT molecular complexity index is 1210. The van der Waals surface area contributed by atoms with Gasteiger partial charge in [-0.3, -0.25) is 9.78 Å². The number of aromatic nitrogens is 3. The van der Waals surface area contributed by atoms with Crippen molar-refractivity contribution in [1.29, 1.82) is 0 Å². The van der Waals surface area contributed by atoms with Gasteiger partial charge in [-0.25, -0.2) is 14.4 Å². The van der Waals surface area contributed by atoms with E-state index in [1.54, 1.807) is 25.3 Å². The van der Waals surface area contributed by atoms with E-state index >= 15 is 0 Å². The van der Waals surface area contributed by atoms with E-state index in [4.69, 9.17) is 4.74 Å². The van der Waals surface area contributed by atoms with E-state index in [0.717, 1.165) is 31.9 Å². The summed E-state index contributed by atoms with van der Waals surface area (Å²) in [7, 11) is 0. The van der Waals surface area contributed by atoms with Crippen molar-refractivity contribution in [3.05, 3.63) is 70.9 Å². The zero-order chi connectivity index (χ0) is 21.8. The van der Waals surface area contributed by atoms with Crippen LogP contribution in [0.3, 0.4) is 0 Å². The Labute approximate surface area is 183 Å². The van der Waals surface area contributed by atoms with Crippen molar-refractivity contribution in [2.75, 3.05) is 11.9 Å². The molecule has 4 aromatic rings. The van der Waals surface area contributed by atoms with E-state index < -0.39 is 0 Å². The van der Waals surface area contributed by atoms with Crippen molar-refractivity contribution in [2.24, 2.45) is 0 Å². The van der Waals surface area contributed by atoms with Crippen molar-refractivity contribution >= 4 is 33.3 Å². The predicted molar refractivity (Wildman–Crippen MR) is 119 cm³/mol. The molecule has 0 atom stereocenters. The van der Waals surface area contributed by atoms with Gasteiger partial charge >= 0.3 is 5.97 Å². The molecule has 3 aromatic heterocycles. The summed E-state index contributed by atoms with van der Waals surface area (Å²) in [5.41, 5.74) is 2.69. The van der Waals surface area contributed by atoms with Gasteiger partial charge in [-0.2, -0.15) is 0 Å². The lowest BCUT2D eigenvalue weighted by Gasteiger charge is -2.11. The third-order valence-corrected chi connectivity index (χ3v) is 5.68. The maximum Gasteiger partial charge on any atom is 0.313 e. The summed E-state index contributed by atoms with van der Waals surface area (Å²) in [6.07, 6.45) is 1.72. The number of nitrogens with zero attached hydrogens (tertiary/aromatic N) is 3. The minimum Gasteiger partial charge on any atom is -0.466 e. The fourth-order valence-electron chi connectivity index (χ4n) is 3.34. The molecule has 0 radical (unpaired) electrons. The second kappa shape index (κ2) is 9.18. The first-order valence-corrected chi connectivity index (χ1v) is 10.7. The summed E-state index contributed by atoms with van der Waals surface area (Å²) in [5.74, 6) is 0.340. The molecule has 0 bridgehead atoms. The number of esters is 1. The summed E-state index contributed by atoms with van der Waals surface area (Å²) >= 11 is 1.52. The molecule has 31 heavy (non-hydrogen) atoms. The van der Waals surface area contributed by atoms with Gasteiger partial charge in [0.2, 0.25) is 0 Å². The van der Waals surface area contributed by atoms with Gasteiger partial charge in [-0.05, 0) is 43.7 Å². The van der Waals surface area contributed by atoms with E-state index in [2.05, 4.69) is 20.3 Å². The molecule has 0 aliphatic rings. The summed E-state index contributed by atoms with van der Waals surface area (Å²) in [4.78, 5) is 27.4. The van der Waals surface area contributed by atoms with Crippen LogP contribution < -0.4 is 5.32 Å². The van der Waals surface area contributed by atoms with E-state index in [1.807, 2.05) is 25.1 Å². The van der Waals surface area contributed by atoms with Crippen molar-refractivity contribution in [3.8, 4) is 11.1 Å². The summed E-state index contributed by atoms with van der Waals surface area (Å²) in [6, 6.07) is 12.1. The monoisotopic (exact) mass is 436 g/mol. The Morgan fingerprint density at radius 1 is 1.16 bits per heavy atom. The smallest absolute Gasteiger partial charge is 0.313 e.